The highest BCUT2D eigenvalue weighted by atomic mass is 35.5. The zero-order valence-corrected chi connectivity index (χ0v) is 7.85. The van der Waals surface area contributed by atoms with E-state index in [4.69, 9.17) is 23.1 Å². The number of hydrogen-bond donors (Lipinski definition) is 2. The first-order chi connectivity index (χ1) is 6.61. The monoisotopic (exact) mass is 211 g/mol. The molecule has 1 heterocycles. The van der Waals surface area contributed by atoms with Gasteiger partial charge in [0, 0.05) is 5.39 Å². The molecule has 14 heavy (non-hydrogen) atoms. The van der Waals surface area contributed by atoms with Gasteiger partial charge in [0.15, 0.2) is 0 Å². The van der Waals surface area contributed by atoms with Crippen molar-refractivity contribution in [3.63, 3.8) is 0 Å². The third-order valence-corrected chi connectivity index (χ3v) is 2.36. The van der Waals surface area contributed by atoms with Crippen LogP contribution in [0.4, 0.5) is 15.8 Å². The molecule has 0 saturated heterocycles. The second kappa shape index (κ2) is 2.99. The Morgan fingerprint density at radius 3 is 2.71 bits per heavy atom. The van der Waals surface area contributed by atoms with E-state index >= 15 is 0 Å². The summed E-state index contributed by atoms with van der Waals surface area (Å²) in [7, 11) is 0. The Bertz CT molecular complexity index is 466. The number of nitrogens with zero attached hydrogens (tertiary/aromatic N) is 1. The Morgan fingerprint density at radius 2 is 2.00 bits per heavy atom. The number of aromatic nitrogens is 1. The number of pyridine rings is 1. The van der Waals surface area contributed by atoms with E-state index in [1.807, 2.05) is 0 Å². The predicted molar refractivity (Wildman–Crippen MR) is 55.5 cm³/mol. The van der Waals surface area contributed by atoms with Crippen molar-refractivity contribution in [3.05, 3.63) is 29.2 Å². The smallest absolute Gasteiger partial charge is 0.144 e. The first kappa shape index (κ1) is 9.02. The lowest BCUT2D eigenvalue weighted by molar-refractivity contribution is 0.630. The number of fused-ring (bicyclic) bond motifs is 1. The van der Waals surface area contributed by atoms with Crippen molar-refractivity contribution in [2.24, 2.45) is 0 Å². The van der Waals surface area contributed by atoms with Crippen molar-refractivity contribution in [2.75, 3.05) is 11.5 Å². The molecule has 0 atom stereocenters. The van der Waals surface area contributed by atoms with E-state index in [1.54, 1.807) is 0 Å². The van der Waals surface area contributed by atoms with Crippen LogP contribution in [0.5, 0.6) is 0 Å². The number of anilines is 2. The summed E-state index contributed by atoms with van der Waals surface area (Å²) in [6.07, 6.45) is 1.36. The zero-order valence-electron chi connectivity index (χ0n) is 7.09. The molecule has 0 spiro atoms. The lowest BCUT2D eigenvalue weighted by Gasteiger charge is -2.05. The van der Waals surface area contributed by atoms with Gasteiger partial charge in [0.05, 0.1) is 23.1 Å². The maximum atomic E-state index is 13.0. The third kappa shape index (κ3) is 1.15. The van der Waals surface area contributed by atoms with Crippen LogP contribution in [-0.4, -0.2) is 4.98 Å². The molecule has 0 aliphatic heterocycles. The maximum Gasteiger partial charge on any atom is 0.144 e. The standard InChI is InChI=1S/C9H7ClFN3/c10-7-5(11)2-1-4-8(13)6(12)3-14-9(4)7/h1-3H,12H2,(H2,13,14). The minimum absolute atomic E-state index is 0.0331. The summed E-state index contributed by atoms with van der Waals surface area (Å²) in [5.41, 5.74) is 12.3. The average molecular weight is 212 g/mol. The van der Waals surface area contributed by atoms with Crippen molar-refractivity contribution in [2.45, 2.75) is 0 Å². The summed E-state index contributed by atoms with van der Waals surface area (Å²) < 4.78 is 13.0. The van der Waals surface area contributed by atoms with Gasteiger partial charge in [0.1, 0.15) is 10.8 Å². The van der Waals surface area contributed by atoms with E-state index in [-0.39, 0.29) is 5.02 Å². The number of nitrogen functional groups attached to an aromatic ring is 2. The van der Waals surface area contributed by atoms with E-state index in [1.165, 1.54) is 18.3 Å². The van der Waals surface area contributed by atoms with E-state index in [2.05, 4.69) is 4.98 Å². The van der Waals surface area contributed by atoms with Gasteiger partial charge in [-0.3, -0.25) is 4.98 Å². The number of benzene rings is 1. The summed E-state index contributed by atoms with van der Waals surface area (Å²) in [6, 6.07) is 2.75. The fraction of sp³-hybridized carbons (Fsp3) is 0. The Hall–Kier alpha value is -1.55. The molecule has 0 saturated carbocycles. The second-order valence-corrected chi connectivity index (χ2v) is 3.26. The summed E-state index contributed by atoms with van der Waals surface area (Å²) in [5, 5.41) is 0.533. The molecule has 0 aliphatic carbocycles. The van der Waals surface area contributed by atoms with Crippen LogP contribution in [0.3, 0.4) is 0 Å². The molecular weight excluding hydrogens is 205 g/mol. The molecule has 1 aromatic heterocycles. The van der Waals surface area contributed by atoms with E-state index in [0.29, 0.717) is 22.3 Å². The number of nitrogens with two attached hydrogens (primary N) is 2. The van der Waals surface area contributed by atoms with Crippen LogP contribution < -0.4 is 11.5 Å². The normalized spacial score (nSPS) is 10.7. The van der Waals surface area contributed by atoms with Crippen molar-refractivity contribution >= 4 is 33.9 Å². The van der Waals surface area contributed by atoms with Crippen LogP contribution in [-0.2, 0) is 0 Å². The Kier molecular flexibility index (Phi) is 1.93. The van der Waals surface area contributed by atoms with Crippen LogP contribution in [0.25, 0.3) is 10.9 Å². The van der Waals surface area contributed by atoms with Crippen LogP contribution in [0.1, 0.15) is 0 Å². The zero-order chi connectivity index (χ0) is 10.3. The maximum absolute atomic E-state index is 13.0. The molecule has 0 amide bonds. The Morgan fingerprint density at radius 1 is 1.29 bits per heavy atom. The number of hydrogen-bond acceptors (Lipinski definition) is 3. The van der Waals surface area contributed by atoms with Crippen molar-refractivity contribution in [1.29, 1.82) is 0 Å². The lowest BCUT2D eigenvalue weighted by Crippen LogP contribution is -1.97. The van der Waals surface area contributed by atoms with E-state index < -0.39 is 5.82 Å². The number of rotatable bonds is 0. The third-order valence-electron chi connectivity index (χ3n) is 2.00. The van der Waals surface area contributed by atoms with Crippen LogP contribution >= 0.6 is 11.6 Å². The highest BCUT2D eigenvalue weighted by Gasteiger charge is 2.09. The topological polar surface area (TPSA) is 64.9 Å². The Labute approximate surface area is 84.5 Å². The Balaban J connectivity index is 2.94. The number of halogens is 2. The minimum atomic E-state index is -0.518. The van der Waals surface area contributed by atoms with E-state index in [9.17, 15) is 4.39 Å². The highest BCUT2D eigenvalue weighted by Crippen LogP contribution is 2.30. The molecule has 3 nitrogen and oxygen atoms in total. The van der Waals surface area contributed by atoms with Crippen molar-refractivity contribution < 1.29 is 4.39 Å². The van der Waals surface area contributed by atoms with Gasteiger partial charge in [0.2, 0.25) is 0 Å². The quantitative estimate of drug-likeness (QED) is 0.702. The summed E-state index contributed by atoms with van der Waals surface area (Å²) >= 11 is 5.72. The van der Waals surface area contributed by atoms with Gasteiger partial charge in [-0.15, -0.1) is 0 Å². The second-order valence-electron chi connectivity index (χ2n) is 2.88. The largest absolute Gasteiger partial charge is 0.396 e. The molecule has 1 aromatic carbocycles. The highest BCUT2D eigenvalue weighted by molar-refractivity contribution is 6.35. The van der Waals surface area contributed by atoms with Gasteiger partial charge >= 0.3 is 0 Å². The van der Waals surface area contributed by atoms with Gasteiger partial charge in [-0.1, -0.05) is 11.6 Å². The first-order valence-corrected chi connectivity index (χ1v) is 4.26. The fourth-order valence-electron chi connectivity index (χ4n) is 1.24. The van der Waals surface area contributed by atoms with Crippen LogP contribution in [0.15, 0.2) is 18.3 Å². The molecule has 2 rings (SSSR count). The molecule has 2 aromatic rings. The summed E-state index contributed by atoms with van der Waals surface area (Å²) in [6.45, 7) is 0. The van der Waals surface area contributed by atoms with Crippen molar-refractivity contribution in [1.82, 2.24) is 4.98 Å². The van der Waals surface area contributed by atoms with Crippen LogP contribution in [0, 0.1) is 5.82 Å². The van der Waals surface area contributed by atoms with Gasteiger partial charge < -0.3 is 11.5 Å². The van der Waals surface area contributed by atoms with E-state index in [0.717, 1.165) is 0 Å². The molecular formula is C9H7ClFN3. The van der Waals surface area contributed by atoms with Gasteiger partial charge in [0.25, 0.3) is 0 Å². The van der Waals surface area contributed by atoms with Crippen LogP contribution in [0.2, 0.25) is 5.02 Å². The van der Waals surface area contributed by atoms with Gasteiger partial charge in [-0.2, -0.15) is 0 Å². The predicted octanol–water partition coefficient (Wildman–Crippen LogP) is 2.19. The molecule has 72 valence electrons. The van der Waals surface area contributed by atoms with Gasteiger partial charge in [-0.25, -0.2) is 4.39 Å². The summed E-state index contributed by atoms with van der Waals surface area (Å²) in [4.78, 5) is 3.92. The molecule has 4 N–H and O–H groups in total. The SMILES string of the molecule is Nc1cnc2c(Cl)c(F)ccc2c1N. The van der Waals surface area contributed by atoms with Crippen molar-refractivity contribution in [3.8, 4) is 0 Å². The first-order valence-electron chi connectivity index (χ1n) is 3.89. The molecule has 5 heteroatoms. The molecule has 0 bridgehead atoms. The fourth-order valence-corrected chi connectivity index (χ4v) is 1.46. The molecule has 0 radical (unpaired) electrons. The molecule has 0 fully saturated rings. The minimum Gasteiger partial charge on any atom is -0.396 e. The van der Waals surface area contributed by atoms with Gasteiger partial charge in [-0.05, 0) is 12.1 Å². The summed E-state index contributed by atoms with van der Waals surface area (Å²) in [5.74, 6) is -0.518. The molecule has 0 aliphatic rings. The lowest BCUT2D eigenvalue weighted by atomic mass is 10.1. The average Bonchev–Trinajstić information content (AvgIpc) is 2.17. The molecule has 0 unspecified atom stereocenters.